The lowest BCUT2D eigenvalue weighted by Gasteiger charge is -2.00. The van der Waals surface area contributed by atoms with Gasteiger partial charge in [-0.25, -0.2) is 4.57 Å². The van der Waals surface area contributed by atoms with Gasteiger partial charge in [0.15, 0.2) is 10.8 Å². The smallest absolute Gasteiger partial charge is 0.277 e. The zero-order chi connectivity index (χ0) is 10.2. The molecular weight excluding hydrogens is 184 g/mol. The van der Waals surface area contributed by atoms with Gasteiger partial charge >= 0.3 is 0 Å². The van der Waals surface area contributed by atoms with Gasteiger partial charge in [0, 0.05) is 20.8 Å². The maximum atomic E-state index is 5.41. The Balaban J connectivity index is 3.21. The highest BCUT2D eigenvalue weighted by Crippen LogP contribution is 2.03. The van der Waals surface area contributed by atoms with E-state index in [1.165, 1.54) is 5.69 Å². The van der Waals surface area contributed by atoms with Gasteiger partial charge in [0.05, 0.1) is 7.05 Å². The second kappa shape index (κ2) is 3.33. The number of nitrogens with two attached hydrogens (primary N) is 1. The Bertz CT molecular complexity index is 328. The van der Waals surface area contributed by atoms with E-state index in [2.05, 4.69) is 16.9 Å². The van der Waals surface area contributed by atoms with E-state index in [4.69, 9.17) is 18.0 Å². The molecule has 72 valence electrons. The molecule has 0 aliphatic heterocycles. The molecule has 5 heteroatoms. The fourth-order valence-electron chi connectivity index (χ4n) is 1.31. The summed E-state index contributed by atoms with van der Waals surface area (Å²) >= 11 is 4.79. The highest BCUT2D eigenvalue weighted by atomic mass is 32.1. The molecule has 3 N–H and O–H groups in total. The van der Waals surface area contributed by atoms with E-state index in [1.807, 2.05) is 25.6 Å². The number of nitrogens with one attached hydrogen (secondary N) is 1. The Labute approximate surface area is 83.3 Å². The number of rotatable bonds is 1. The molecule has 0 amide bonds. The van der Waals surface area contributed by atoms with Crippen LogP contribution >= 0.6 is 12.2 Å². The van der Waals surface area contributed by atoms with Gasteiger partial charge in [-0.05, 0) is 12.2 Å². The summed E-state index contributed by atoms with van der Waals surface area (Å²) in [6, 6.07) is 0. The molecule has 0 unspecified atom stereocenters. The van der Waals surface area contributed by atoms with E-state index in [-0.39, 0.29) is 5.11 Å². The number of hydrogen-bond acceptors (Lipinski definition) is 1. The molecule has 0 saturated heterocycles. The summed E-state index contributed by atoms with van der Waals surface area (Å²) < 4.78 is 3.97. The van der Waals surface area contributed by atoms with Crippen molar-refractivity contribution in [2.24, 2.45) is 12.8 Å². The normalized spacial score (nSPS) is 10.2. The Morgan fingerprint density at radius 2 is 2.00 bits per heavy atom. The molecule has 0 bridgehead atoms. The van der Waals surface area contributed by atoms with Crippen LogP contribution in [0.2, 0.25) is 0 Å². The zero-order valence-corrected chi connectivity index (χ0v) is 9.20. The van der Waals surface area contributed by atoms with E-state index >= 15 is 0 Å². The van der Waals surface area contributed by atoms with Crippen molar-refractivity contribution in [3.63, 3.8) is 0 Å². The first-order valence-corrected chi connectivity index (χ1v) is 4.47. The minimum Gasteiger partial charge on any atom is -0.374 e. The molecular formula is C8H15N4S+. The van der Waals surface area contributed by atoms with Gasteiger partial charge in [-0.2, -0.15) is 5.43 Å². The van der Waals surface area contributed by atoms with E-state index in [1.54, 1.807) is 0 Å². The fourth-order valence-corrected chi connectivity index (χ4v) is 1.41. The molecule has 4 nitrogen and oxygen atoms in total. The summed E-state index contributed by atoms with van der Waals surface area (Å²) in [4.78, 5) is 0. The highest BCUT2D eigenvalue weighted by Gasteiger charge is 2.19. The predicted octanol–water partition coefficient (Wildman–Crippen LogP) is 0.0250. The first kappa shape index (κ1) is 9.98. The van der Waals surface area contributed by atoms with Crippen LogP contribution in [-0.2, 0) is 7.05 Å². The largest absolute Gasteiger partial charge is 0.374 e. The van der Waals surface area contributed by atoms with Crippen LogP contribution in [0.4, 0.5) is 0 Å². The summed E-state index contributed by atoms with van der Waals surface area (Å²) in [6.45, 7) is 6.08. The highest BCUT2D eigenvalue weighted by molar-refractivity contribution is 7.80. The molecule has 0 saturated carbocycles. The number of thiocarbonyl (C=S) groups is 1. The van der Waals surface area contributed by atoms with Crippen molar-refractivity contribution >= 4 is 17.3 Å². The van der Waals surface area contributed by atoms with Crippen LogP contribution in [0.15, 0.2) is 0 Å². The van der Waals surface area contributed by atoms with Crippen molar-refractivity contribution in [2.45, 2.75) is 20.8 Å². The van der Waals surface area contributed by atoms with Gasteiger partial charge in [0.25, 0.3) is 5.82 Å². The van der Waals surface area contributed by atoms with E-state index in [0.717, 1.165) is 11.5 Å². The third-order valence-corrected chi connectivity index (χ3v) is 2.48. The lowest BCUT2D eigenvalue weighted by Crippen LogP contribution is -2.36. The standard InChI is InChI=1S/C8H14N4S/c1-5-6(2)12(10-8(9)13)7(3)11(5)4/h1-4H3,(H2-,9,10,13)/p+1. The molecule has 1 aromatic heterocycles. The van der Waals surface area contributed by atoms with Crippen LogP contribution < -0.4 is 15.7 Å². The van der Waals surface area contributed by atoms with Crippen molar-refractivity contribution in [3.05, 3.63) is 17.2 Å². The fraction of sp³-hybridized carbons (Fsp3) is 0.500. The molecule has 1 rings (SSSR count). The van der Waals surface area contributed by atoms with E-state index < -0.39 is 0 Å². The second-order valence-electron chi connectivity index (χ2n) is 3.09. The quantitative estimate of drug-likeness (QED) is 0.495. The Kier molecular flexibility index (Phi) is 2.56. The predicted molar refractivity (Wildman–Crippen MR) is 56.0 cm³/mol. The van der Waals surface area contributed by atoms with E-state index in [0.29, 0.717) is 0 Å². The number of hydrogen-bond donors (Lipinski definition) is 2. The molecule has 13 heavy (non-hydrogen) atoms. The van der Waals surface area contributed by atoms with Gasteiger partial charge in [0.2, 0.25) is 0 Å². The first-order chi connectivity index (χ1) is 5.95. The molecule has 0 atom stereocenters. The molecule has 0 fully saturated rings. The topological polar surface area (TPSA) is 46.9 Å². The van der Waals surface area contributed by atoms with Gasteiger partial charge in [-0.3, -0.25) is 0 Å². The maximum Gasteiger partial charge on any atom is 0.277 e. The van der Waals surface area contributed by atoms with Crippen LogP contribution in [0, 0.1) is 20.8 Å². The lowest BCUT2D eigenvalue weighted by atomic mass is 10.4. The average Bonchev–Trinajstić information content (AvgIpc) is 2.22. The average molecular weight is 199 g/mol. The summed E-state index contributed by atoms with van der Waals surface area (Å²) in [5.74, 6) is 1.07. The Hall–Kier alpha value is -1.10. The van der Waals surface area contributed by atoms with Crippen LogP contribution in [-0.4, -0.2) is 9.79 Å². The van der Waals surface area contributed by atoms with Gasteiger partial charge in [-0.1, -0.05) is 0 Å². The SMILES string of the molecule is Cc1c(C)[n+](C)c(C)n1NC(N)=S. The zero-order valence-electron chi connectivity index (χ0n) is 8.38. The molecule has 0 aliphatic carbocycles. The summed E-state index contributed by atoms with van der Waals surface area (Å²) in [5.41, 5.74) is 10.6. The Morgan fingerprint density at radius 1 is 1.46 bits per heavy atom. The van der Waals surface area contributed by atoms with Gasteiger partial charge in [0.1, 0.15) is 5.69 Å². The molecule has 0 radical (unpaired) electrons. The van der Waals surface area contributed by atoms with E-state index in [9.17, 15) is 0 Å². The summed E-state index contributed by atoms with van der Waals surface area (Å²) in [6.07, 6.45) is 0. The number of nitrogens with zero attached hydrogens (tertiary/aromatic N) is 2. The molecule has 0 aliphatic rings. The lowest BCUT2D eigenvalue weighted by molar-refractivity contribution is -0.683. The van der Waals surface area contributed by atoms with Crippen molar-refractivity contribution in [1.82, 2.24) is 4.68 Å². The summed E-state index contributed by atoms with van der Waals surface area (Å²) in [7, 11) is 2.01. The van der Waals surface area contributed by atoms with Gasteiger partial charge in [-0.15, -0.1) is 4.68 Å². The molecule has 0 spiro atoms. The minimum absolute atomic E-state index is 0.279. The molecule has 1 aromatic rings. The third-order valence-electron chi connectivity index (χ3n) is 2.39. The van der Waals surface area contributed by atoms with Crippen molar-refractivity contribution in [2.75, 3.05) is 5.43 Å². The van der Waals surface area contributed by atoms with Crippen molar-refractivity contribution < 1.29 is 4.57 Å². The van der Waals surface area contributed by atoms with Crippen molar-refractivity contribution in [1.29, 1.82) is 0 Å². The van der Waals surface area contributed by atoms with Crippen molar-refractivity contribution in [3.8, 4) is 0 Å². The van der Waals surface area contributed by atoms with Crippen LogP contribution in [0.1, 0.15) is 17.2 Å². The number of aromatic nitrogens is 2. The van der Waals surface area contributed by atoms with Crippen LogP contribution in [0.5, 0.6) is 0 Å². The molecule has 0 aromatic carbocycles. The maximum absolute atomic E-state index is 5.41. The van der Waals surface area contributed by atoms with Crippen LogP contribution in [0.3, 0.4) is 0 Å². The van der Waals surface area contributed by atoms with Crippen LogP contribution in [0.25, 0.3) is 0 Å². The Morgan fingerprint density at radius 3 is 2.31 bits per heavy atom. The third kappa shape index (κ3) is 1.65. The van der Waals surface area contributed by atoms with Gasteiger partial charge < -0.3 is 5.73 Å². The first-order valence-electron chi connectivity index (χ1n) is 4.06. The monoisotopic (exact) mass is 199 g/mol. The number of imidazole rings is 1. The summed E-state index contributed by atoms with van der Waals surface area (Å²) in [5, 5.41) is 0.279. The second-order valence-corrected chi connectivity index (χ2v) is 3.53. The minimum atomic E-state index is 0.279. The molecule has 1 heterocycles.